The molecule has 0 aromatic heterocycles. The average Bonchev–Trinajstić information content (AvgIpc) is 2.75. The minimum Gasteiger partial charge on any atom is -0.392 e. The number of hydrogen-bond donors (Lipinski definition) is 2. The summed E-state index contributed by atoms with van der Waals surface area (Å²) in [5, 5.41) is 10.3. The molecule has 17 heavy (non-hydrogen) atoms. The lowest BCUT2D eigenvalue weighted by molar-refractivity contribution is 0.152. The Kier molecular flexibility index (Phi) is 4.05. The molecule has 0 saturated carbocycles. The summed E-state index contributed by atoms with van der Waals surface area (Å²) in [7, 11) is 0. The van der Waals surface area contributed by atoms with Crippen molar-refractivity contribution in [1.82, 2.24) is 4.90 Å². The van der Waals surface area contributed by atoms with Gasteiger partial charge in [0.15, 0.2) is 0 Å². The minimum absolute atomic E-state index is 0.0478. The van der Waals surface area contributed by atoms with E-state index in [9.17, 15) is 5.11 Å². The van der Waals surface area contributed by atoms with Crippen LogP contribution in [0.15, 0.2) is 24.3 Å². The fourth-order valence-corrected chi connectivity index (χ4v) is 2.44. The zero-order valence-electron chi connectivity index (χ0n) is 10.0. The van der Waals surface area contributed by atoms with Gasteiger partial charge in [-0.1, -0.05) is 30.7 Å². The van der Waals surface area contributed by atoms with Crippen LogP contribution in [0, 0.1) is 0 Å². The topological polar surface area (TPSA) is 49.5 Å². The fraction of sp³-hybridized carbons (Fsp3) is 0.538. The van der Waals surface area contributed by atoms with E-state index in [0.717, 1.165) is 18.0 Å². The SMILES string of the molecule is C[C@@H](c1ccc(Cl)cc1)C(N)N1CC[C@H](O)C1. The molecule has 3 N–H and O–H groups in total. The molecule has 3 atom stereocenters. The van der Waals surface area contributed by atoms with Gasteiger partial charge in [0.25, 0.3) is 0 Å². The Morgan fingerprint density at radius 1 is 1.41 bits per heavy atom. The lowest BCUT2D eigenvalue weighted by atomic mass is 9.98. The van der Waals surface area contributed by atoms with E-state index in [-0.39, 0.29) is 18.2 Å². The molecule has 1 aliphatic heterocycles. The second-order valence-corrected chi connectivity index (χ2v) is 5.20. The molecule has 1 aromatic rings. The molecule has 4 heteroatoms. The van der Waals surface area contributed by atoms with Crippen LogP contribution in [0.3, 0.4) is 0 Å². The highest BCUT2D eigenvalue weighted by Crippen LogP contribution is 2.24. The largest absolute Gasteiger partial charge is 0.392 e. The molecule has 1 aromatic carbocycles. The third kappa shape index (κ3) is 2.99. The van der Waals surface area contributed by atoms with Gasteiger partial charge >= 0.3 is 0 Å². The van der Waals surface area contributed by atoms with Crippen molar-refractivity contribution in [3.8, 4) is 0 Å². The quantitative estimate of drug-likeness (QED) is 0.865. The van der Waals surface area contributed by atoms with Crippen LogP contribution in [0.4, 0.5) is 0 Å². The number of benzene rings is 1. The normalized spacial score (nSPS) is 24.8. The molecule has 0 aliphatic carbocycles. The Labute approximate surface area is 107 Å². The number of rotatable bonds is 3. The maximum atomic E-state index is 9.52. The molecular formula is C13H19ClN2O. The van der Waals surface area contributed by atoms with Crippen LogP contribution in [0.5, 0.6) is 0 Å². The molecule has 1 unspecified atom stereocenters. The summed E-state index contributed by atoms with van der Waals surface area (Å²) >= 11 is 5.87. The molecule has 1 aliphatic rings. The second kappa shape index (κ2) is 5.36. The van der Waals surface area contributed by atoms with E-state index in [4.69, 9.17) is 17.3 Å². The van der Waals surface area contributed by atoms with Gasteiger partial charge in [0.05, 0.1) is 12.3 Å². The number of aliphatic hydroxyl groups is 1. The minimum atomic E-state index is -0.224. The first-order valence-corrected chi connectivity index (χ1v) is 6.39. The zero-order chi connectivity index (χ0) is 12.4. The van der Waals surface area contributed by atoms with Crippen LogP contribution < -0.4 is 5.73 Å². The van der Waals surface area contributed by atoms with Crippen molar-refractivity contribution >= 4 is 11.6 Å². The van der Waals surface area contributed by atoms with Gasteiger partial charge in [0.2, 0.25) is 0 Å². The molecule has 1 fully saturated rings. The molecule has 3 nitrogen and oxygen atoms in total. The van der Waals surface area contributed by atoms with Crippen molar-refractivity contribution < 1.29 is 5.11 Å². The molecule has 0 bridgehead atoms. The van der Waals surface area contributed by atoms with Crippen molar-refractivity contribution in [2.75, 3.05) is 13.1 Å². The molecule has 0 amide bonds. The van der Waals surface area contributed by atoms with Crippen molar-refractivity contribution in [1.29, 1.82) is 0 Å². The number of β-amino-alcohol motifs (C(OH)–C–C–N with tert-alkyl or cyclic N) is 1. The lowest BCUT2D eigenvalue weighted by Gasteiger charge is -2.29. The fourth-order valence-electron chi connectivity index (χ4n) is 2.32. The summed E-state index contributed by atoms with van der Waals surface area (Å²) in [5.41, 5.74) is 7.42. The van der Waals surface area contributed by atoms with E-state index >= 15 is 0 Å². The number of nitrogens with zero attached hydrogens (tertiary/aromatic N) is 1. The van der Waals surface area contributed by atoms with E-state index in [0.29, 0.717) is 6.54 Å². The maximum absolute atomic E-state index is 9.52. The first kappa shape index (κ1) is 12.8. The van der Waals surface area contributed by atoms with Gasteiger partial charge in [-0.2, -0.15) is 0 Å². The van der Waals surface area contributed by atoms with Gasteiger partial charge in [-0.3, -0.25) is 4.90 Å². The van der Waals surface area contributed by atoms with Crippen LogP contribution in [0.2, 0.25) is 5.02 Å². The van der Waals surface area contributed by atoms with Crippen LogP contribution in [-0.2, 0) is 0 Å². The van der Waals surface area contributed by atoms with Crippen molar-refractivity contribution in [2.45, 2.75) is 31.5 Å². The molecule has 2 rings (SSSR count). The third-order valence-corrected chi connectivity index (χ3v) is 3.78. The summed E-state index contributed by atoms with van der Waals surface area (Å²) in [6, 6.07) is 7.80. The van der Waals surface area contributed by atoms with Crippen LogP contribution in [0.1, 0.15) is 24.8 Å². The van der Waals surface area contributed by atoms with Gasteiger partial charge in [-0.05, 0) is 24.1 Å². The Hall–Kier alpha value is -0.610. The first-order chi connectivity index (χ1) is 8.08. The monoisotopic (exact) mass is 254 g/mol. The molecular weight excluding hydrogens is 236 g/mol. The van der Waals surface area contributed by atoms with E-state index in [2.05, 4.69) is 11.8 Å². The first-order valence-electron chi connectivity index (χ1n) is 6.01. The van der Waals surface area contributed by atoms with Crippen molar-refractivity contribution in [3.05, 3.63) is 34.9 Å². The highest BCUT2D eigenvalue weighted by Gasteiger charge is 2.28. The van der Waals surface area contributed by atoms with E-state index in [1.165, 1.54) is 5.56 Å². The number of likely N-dealkylation sites (tertiary alicyclic amines) is 1. The van der Waals surface area contributed by atoms with Gasteiger partial charge < -0.3 is 10.8 Å². The maximum Gasteiger partial charge on any atom is 0.0679 e. The van der Waals surface area contributed by atoms with E-state index in [1.54, 1.807) is 0 Å². The summed E-state index contributed by atoms with van der Waals surface area (Å²) < 4.78 is 0. The smallest absolute Gasteiger partial charge is 0.0679 e. The summed E-state index contributed by atoms with van der Waals surface area (Å²) in [6.45, 7) is 3.66. The lowest BCUT2D eigenvalue weighted by Crippen LogP contribution is -2.44. The number of aliphatic hydroxyl groups excluding tert-OH is 1. The third-order valence-electron chi connectivity index (χ3n) is 3.52. The standard InChI is InChI=1S/C13H19ClN2O/c1-9(10-2-4-11(14)5-3-10)13(15)16-7-6-12(17)8-16/h2-5,9,12-13,17H,6-8,15H2,1H3/t9-,12-,13?/m0/s1. The molecule has 1 heterocycles. The Morgan fingerprint density at radius 3 is 2.59 bits per heavy atom. The molecule has 0 spiro atoms. The van der Waals surface area contributed by atoms with Crippen molar-refractivity contribution in [2.24, 2.45) is 5.73 Å². The van der Waals surface area contributed by atoms with Gasteiger partial charge in [0.1, 0.15) is 0 Å². The summed E-state index contributed by atoms with van der Waals surface area (Å²) in [6.07, 6.45) is 0.549. The van der Waals surface area contributed by atoms with Crippen LogP contribution in [-0.4, -0.2) is 35.4 Å². The Bertz CT molecular complexity index is 368. The highest BCUT2D eigenvalue weighted by atomic mass is 35.5. The summed E-state index contributed by atoms with van der Waals surface area (Å²) in [5.74, 6) is 0.234. The van der Waals surface area contributed by atoms with E-state index < -0.39 is 0 Å². The predicted octanol–water partition coefficient (Wildman–Crippen LogP) is 1.79. The van der Waals surface area contributed by atoms with Crippen LogP contribution >= 0.6 is 11.6 Å². The predicted molar refractivity (Wildman–Crippen MR) is 70.0 cm³/mol. The summed E-state index contributed by atoms with van der Waals surface area (Å²) in [4.78, 5) is 2.14. The average molecular weight is 255 g/mol. The number of halogens is 1. The molecule has 94 valence electrons. The highest BCUT2D eigenvalue weighted by molar-refractivity contribution is 6.30. The van der Waals surface area contributed by atoms with Gasteiger partial charge in [-0.15, -0.1) is 0 Å². The van der Waals surface area contributed by atoms with E-state index in [1.807, 2.05) is 24.3 Å². The zero-order valence-corrected chi connectivity index (χ0v) is 10.8. The van der Waals surface area contributed by atoms with Crippen LogP contribution in [0.25, 0.3) is 0 Å². The number of nitrogens with two attached hydrogens (primary N) is 1. The molecule has 0 radical (unpaired) electrons. The Balaban J connectivity index is 2.04. The second-order valence-electron chi connectivity index (χ2n) is 4.77. The molecule has 1 saturated heterocycles. The van der Waals surface area contributed by atoms with Gasteiger partial charge in [-0.25, -0.2) is 0 Å². The van der Waals surface area contributed by atoms with Crippen molar-refractivity contribution in [3.63, 3.8) is 0 Å². The number of hydrogen-bond acceptors (Lipinski definition) is 3. The Morgan fingerprint density at radius 2 is 2.06 bits per heavy atom. The van der Waals surface area contributed by atoms with Gasteiger partial charge in [0, 0.05) is 24.0 Å².